The molecule has 1 aromatic rings. The first-order valence-electron chi connectivity index (χ1n) is 6.88. The van der Waals surface area contributed by atoms with Crippen LogP contribution >= 0.6 is 0 Å². The topological polar surface area (TPSA) is 44.4 Å². The van der Waals surface area contributed by atoms with Crippen molar-refractivity contribution in [2.75, 3.05) is 32.5 Å². The normalized spacial score (nSPS) is 19.4. The summed E-state index contributed by atoms with van der Waals surface area (Å²) in [5.74, 6) is 0.0195. The molecule has 19 heavy (non-hydrogen) atoms. The highest BCUT2D eigenvalue weighted by molar-refractivity contribution is 5.94. The standard InChI is InChI=1S/C15H23N3O/c1-11-9-12(6-7-14(11)16-2)15(19)17-10-13-5-4-8-18(13)3/h6-7,9,13,16H,4-5,8,10H2,1-3H3,(H,17,19). The molecule has 0 aromatic heterocycles. The van der Waals surface area contributed by atoms with E-state index in [0.717, 1.165) is 29.9 Å². The van der Waals surface area contributed by atoms with Crippen LogP contribution in [0.3, 0.4) is 0 Å². The number of benzene rings is 1. The fourth-order valence-electron chi connectivity index (χ4n) is 2.64. The van der Waals surface area contributed by atoms with Crippen LogP contribution in [0.1, 0.15) is 28.8 Å². The Balaban J connectivity index is 1.94. The number of likely N-dealkylation sites (tertiary alicyclic amines) is 1. The molecule has 1 amide bonds. The van der Waals surface area contributed by atoms with Crippen molar-refractivity contribution in [3.05, 3.63) is 29.3 Å². The van der Waals surface area contributed by atoms with Gasteiger partial charge in [0.1, 0.15) is 0 Å². The largest absolute Gasteiger partial charge is 0.388 e. The Bertz CT molecular complexity index is 459. The van der Waals surface area contributed by atoms with E-state index in [4.69, 9.17) is 0 Å². The van der Waals surface area contributed by atoms with Crippen molar-refractivity contribution in [1.82, 2.24) is 10.2 Å². The second kappa shape index (κ2) is 6.06. The fourth-order valence-corrected chi connectivity index (χ4v) is 2.64. The van der Waals surface area contributed by atoms with Crippen molar-refractivity contribution in [3.8, 4) is 0 Å². The first-order chi connectivity index (χ1) is 9.11. The number of hydrogen-bond acceptors (Lipinski definition) is 3. The number of hydrogen-bond donors (Lipinski definition) is 2. The molecule has 4 heteroatoms. The molecule has 0 radical (unpaired) electrons. The van der Waals surface area contributed by atoms with Crippen molar-refractivity contribution in [2.45, 2.75) is 25.8 Å². The van der Waals surface area contributed by atoms with Gasteiger partial charge in [0.05, 0.1) is 0 Å². The van der Waals surface area contributed by atoms with E-state index in [1.54, 1.807) is 0 Å². The number of nitrogens with one attached hydrogen (secondary N) is 2. The van der Waals surface area contributed by atoms with Gasteiger partial charge in [0.2, 0.25) is 0 Å². The summed E-state index contributed by atoms with van der Waals surface area (Å²) in [5.41, 5.74) is 2.89. The molecule has 1 heterocycles. The number of rotatable bonds is 4. The summed E-state index contributed by atoms with van der Waals surface area (Å²) in [5, 5.41) is 6.14. The molecule has 104 valence electrons. The lowest BCUT2D eigenvalue weighted by atomic mass is 10.1. The minimum absolute atomic E-state index is 0.0195. The Hall–Kier alpha value is -1.55. The van der Waals surface area contributed by atoms with Gasteiger partial charge in [-0.05, 0) is 57.1 Å². The molecule has 0 spiro atoms. The Morgan fingerprint density at radius 3 is 2.84 bits per heavy atom. The van der Waals surface area contributed by atoms with Crippen LogP contribution in [0, 0.1) is 6.92 Å². The maximum absolute atomic E-state index is 12.1. The van der Waals surface area contributed by atoms with Crippen molar-refractivity contribution < 1.29 is 4.79 Å². The molecule has 0 saturated carbocycles. The number of aryl methyl sites for hydroxylation is 1. The summed E-state index contributed by atoms with van der Waals surface area (Å²) in [6, 6.07) is 6.24. The maximum atomic E-state index is 12.1. The molecule has 1 unspecified atom stereocenters. The second-order valence-electron chi connectivity index (χ2n) is 5.27. The Morgan fingerprint density at radius 2 is 2.26 bits per heavy atom. The van der Waals surface area contributed by atoms with Gasteiger partial charge in [-0.25, -0.2) is 0 Å². The van der Waals surface area contributed by atoms with Gasteiger partial charge in [-0.3, -0.25) is 4.79 Å². The van der Waals surface area contributed by atoms with Gasteiger partial charge >= 0.3 is 0 Å². The number of amides is 1. The van der Waals surface area contributed by atoms with Crippen LogP contribution < -0.4 is 10.6 Å². The molecular weight excluding hydrogens is 238 g/mol. The monoisotopic (exact) mass is 261 g/mol. The van der Waals surface area contributed by atoms with Crippen LogP contribution in [-0.4, -0.2) is 44.0 Å². The zero-order chi connectivity index (χ0) is 13.8. The van der Waals surface area contributed by atoms with Crippen molar-refractivity contribution in [1.29, 1.82) is 0 Å². The molecule has 1 aliphatic rings. The highest BCUT2D eigenvalue weighted by Crippen LogP contribution is 2.16. The summed E-state index contributed by atoms with van der Waals surface area (Å²) in [6.45, 7) is 3.88. The van der Waals surface area contributed by atoms with Crippen LogP contribution in [-0.2, 0) is 0 Å². The molecule has 1 saturated heterocycles. The molecule has 1 aromatic carbocycles. The molecule has 1 atom stereocenters. The van der Waals surface area contributed by atoms with Crippen LogP contribution in [0.2, 0.25) is 0 Å². The van der Waals surface area contributed by atoms with E-state index >= 15 is 0 Å². The zero-order valence-electron chi connectivity index (χ0n) is 12.0. The Kier molecular flexibility index (Phi) is 4.43. The van der Waals surface area contributed by atoms with E-state index in [0.29, 0.717) is 6.04 Å². The first kappa shape index (κ1) is 13.9. The SMILES string of the molecule is CNc1ccc(C(=O)NCC2CCCN2C)cc1C. The number of carbonyl (C=O) groups is 1. The van der Waals surface area contributed by atoms with Crippen LogP contribution in [0.15, 0.2) is 18.2 Å². The van der Waals surface area contributed by atoms with E-state index in [1.165, 1.54) is 12.8 Å². The summed E-state index contributed by atoms with van der Waals surface area (Å²) < 4.78 is 0. The number of likely N-dealkylation sites (N-methyl/N-ethyl adjacent to an activating group) is 1. The average molecular weight is 261 g/mol. The highest BCUT2D eigenvalue weighted by atomic mass is 16.1. The Labute approximate surface area is 115 Å². The summed E-state index contributed by atoms with van der Waals surface area (Å²) in [7, 11) is 4.01. The van der Waals surface area contributed by atoms with E-state index in [2.05, 4.69) is 22.6 Å². The molecule has 4 nitrogen and oxygen atoms in total. The third kappa shape index (κ3) is 3.26. The molecule has 1 aliphatic heterocycles. The van der Waals surface area contributed by atoms with Gasteiger partial charge in [0, 0.05) is 30.9 Å². The molecule has 2 rings (SSSR count). The van der Waals surface area contributed by atoms with Gasteiger partial charge < -0.3 is 15.5 Å². The van der Waals surface area contributed by atoms with Crippen LogP contribution in [0.25, 0.3) is 0 Å². The highest BCUT2D eigenvalue weighted by Gasteiger charge is 2.21. The lowest BCUT2D eigenvalue weighted by Gasteiger charge is -2.19. The van der Waals surface area contributed by atoms with Gasteiger partial charge in [-0.2, -0.15) is 0 Å². The van der Waals surface area contributed by atoms with E-state index in [1.807, 2.05) is 32.2 Å². The van der Waals surface area contributed by atoms with Crippen molar-refractivity contribution >= 4 is 11.6 Å². The lowest BCUT2D eigenvalue weighted by molar-refractivity contribution is 0.0943. The predicted molar refractivity (Wildman–Crippen MR) is 78.7 cm³/mol. The number of carbonyl (C=O) groups excluding carboxylic acids is 1. The number of nitrogens with zero attached hydrogens (tertiary/aromatic N) is 1. The van der Waals surface area contributed by atoms with Gasteiger partial charge in [0.15, 0.2) is 0 Å². The number of anilines is 1. The van der Waals surface area contributed by atoms with Crippen molar-refractivity contribution in [3.63, 3.8) is 0 Å². The quantitative estimate of drug-likeness (QED) is 0.869. The third-order valence-corrected chi connectivity index (χ3v) is 3.93. The average Bonchev–Trinajstić information content (AvgIpc) is 2.81. The summed E-state index contributed by atoms with van der Waals surface area (Å²) >= 11 is 0. The van der Waals surface area contributed by atoms with Gasteiger partial charge in [-0.15, -0.1) is 0 Å². The zero-order valence-corrected chi connectivity index (χ0v) is 12.0. The van der Waals surface area contributed by atoms with Gasteiger partial charge in [0.25, 0.3) is 5.91 Å². The van der Waals surface area contributed by atoms with Crippen LogP contribution in [0.4, 0.5) is 5.69 Å². The third-order valence-electron chi connectivity index (χ3n) is 3.93. The predicted octanol–water partition coefficient (Wildman–Crippen LogP) is 1.86. The molecule has 0 aliphatic carbocycles. The van der Waals surface area contributed by atoms with E-state index in [-0.39, 0.29) is 5.91 Å². The summed E-state index contributed by atoms with van der Waals surface area (Å²) in [4.78, 5) is 14.4. The maximum Gasteiger partial charge on any atom is 0.251 e. The van der Waals surface area contributed by atoms with E-state index < -0.39 is 0 Å². The van der Waals surface area contributed by atoms with E-state index in [9.17, 15) is 4.79 Å². The second-order valence-corrected chi connectivity index (χ2v) is 5.27. The molecule has 1 fully saturated rings. The smallest absolute Gasteiger partial charge is 0.251 e. The first-order valence-corrected chi connectivity index (χ1v) is 6.88. The molecule has 2 N–H and O–H groups in total. The van der Waals surface area contributed by atoms with Crippen LogP contribution in [0.5, 0.6) is 0 Å². The Morgan fingerprint density at radius 1 is 1.47 bits per heavy atom. The minimum atomic E-state index is 0.0195. The lowest BCUT2D eigenvalue weighted by Crippen LogP contribution is -2.38. The van der Waals surface area contributed by atoms with Gasteiger partial charge in [-0.1, -0.05) is 0 Å². The summed E-state index contributed by atoms with van der Waals surface area (Å²) in [6.07, 6.45) is 2.40. The molecular formula is C15H23N3O. The van der Waals surface area contributed by atoms with Crippen molar-refractivity contribution in [2.24, 2.45) is 0 Å². The molecule has 0 bridgehead atoms. The minimum Gasteiger partial charge on any atom is -0.388 e. The fraction of sp³-hybridized carbons (Fsp3) is 0.533.